The fourth-order valence-electron chi connectivity index (χ4n) is 4.42. The zero-order valence-corrected chi connectivity index (χ0v) is 20.9. The van der Waals surface area contributed by atoms with Gasteiger partial charge in [0.1, 0.15) is 29.3 Å². The van der Waals surface area contributed by atoms with Gasteiger partial charge in [-0.1, -0.05) is 35.7 Å². The number of nitrogens with one attached hydrogen (secondary N) is 2. The third-order valence-electron chi connectivity index (χ3n) is 6.16. The van der Waals surface area contributed by atoms with E-state index in [1.165, 1.54) is 6.33 Å². The molecule has 2 aromatic heterocycles. The molecule has 0 bridgehead atoms. The molecule has 0 aliphatic carbocycles. The van der Waals surface area contributed by atoms with Crippen LogP contribution in [0.4, 0.5) is 5.82 Å². The number of aromatic nitrogens is 3. The first-order chi connectivity index (χ1) is 18.0. The molecule has 9 heteroatoms. The van der Waals surface area contributed by atoms with E-state index in [1.54, 1.807) is 36.2 Å². The van der Waals surface area contributed by atoms with Crippen molar-refractivity contribution >= 4 is 40.1 Å². The Hall–Kier alpha value is -4.35. The van der Waals surface area contributed by atoms with Crippen molar-refractivity contribution in [2.24, 2.45) is 0 Å². The highest BCUT2D eigenvalue weighted by Crippen LogP contribution is 2.31. The summed E-state index contributed by atoms with van der Waals surface area (Å²) in [6.45, 7) is 2.82. The number of anilines is 1. The minimum atomic E-state index is -0.265. The van der Waals surface area contributed by atoms with E-state index >= 15 is 0 Å². The summed E-state index contributed by atoms with van der Waals surface area (Å²) in [5.41, 5.74) is 1.27. The lowest BCUT2D eigenvalue weighted by Crippen LogP contribution is -2.44. The molecule has 0 saturated carbocycles. The molecule has 186 valence electrons. The van der Waals surface area contributed by atoms with Crippen LogP contribution in [0.15, 0.2) is 61.1 Å². The Balaban J connectivity index is 1.40. The van der Waals surface area contributed by atoms with Gasteiger partial charge in [-0.15, -0.1) is 0 Å². The normalized spacial score (nSPS) is 15.1. The van der Waals surface area contributed by atoms with Crippen LogP contribution in [0.5, 0.6) is 11.5 Å². The molecule has 8 nitrogen and oxygen atoms in total. The Morgan fingerprint density at radius 3 is 2.76 bits per heavy atom. The number of benzene rings is 2. The fraction of sp³-hybridized carbons (Fsp3) is 0.214. The van der Waals surface area contributed by atoms with Gasteiger partial charge in [-0.05, 0) is 50.0 Å². The lowest BCUT2D eigenvalue weighted by atomic mass is 10.0. The summed E-state index contributed by atoms with van der Waals surface area (Å²) in [4.78, 5) is 39.3. The standard InChI is InChI=1S/C28H24ClN5O3/c1-2-7-24(35)34-13-6-8-18(16-34)33-28-25-22(15-30-27(25)31-17-32-28)26(36)21-12-11-20(14-23(21)29)37-19-9-4-3-5-10-19/h3-5,9-12,14-15,17-18H,6,8,13,16H2,1H3,(H2,30,31,32,33). The molecule has 1 aliphatic rings. The van der Waals surface area contributed by atoms with Crippen molar-refractivity contribution in [1.82, 2.24) is 19.9 Å². The van der Waals surface area contributed by atoms with Gasteiger partial charge in [-0.3, -0.25) is 9.59 Å². The number of para-hydroxylation sites is 1. The predicted octanol–water partition coefficient (Wildman–Crippen LogP) is 5.06. The van der Waals surface area contributed by atoms with Crippen LogP contribution in [-0.2, 0) is 4.79 Å². The molecular formula is C28H24ClN5O3. The van der Waals surface area contributed by atoms with Gasteiger partial charge in [-0.2, -0.15) is 0 Å². The molecule has 4 aromatic rings. The number of aromatic amines is 1. The monoisotopic (exact) mass is 513 g/mol. The van der Waals surface area contributed by atoms with Gasteiger partial charge in [0.25, 0.3) is 5.91 Å². The topological polar surface area (TPSA) is 100 Å². The summed E-state index contributed by atoms with van der Waals surface area (Å²) in [7, 11) is 0. The molecule has 1 fully saturated rings. The van der Waals surface area contributed by atoms with Crippen LogP contribution in [0.2, 0.25) is 5.02 Å². The van der Waals surface area contributed by atoms with E-state index in [4.69, 9.17) is 16.3 Å². The van der Waals surface area contributed by atoms with Gasteiger partial charge in [0, 0.05) is 37.0 Å². The summed E-state index contributed by atoms with van der Waals surface area (Å²) in [6.07, 6.45) is 4.75. The molecule has 1 saturated heterocycles. The Labute approximate surface area is 219 Å². The maximum atomic E-state index is 13.6. The summed E-state index contributed by atoms with van der Waals surface area (Å²) in [6, 6.07) is 14.3. The van der Waals surface area contributed by atoms with E-state index in [2.05, 4.69) is 32.1 Å². The second kappa shape index (κ2) is 10.7. The van der Waals surface area contributed by atoms with Crippen molar-refractivity contribution in [3.8, 4) is 23.3 Å². The number of piperidine rings is 1. The number of nitrogens with zero attached hydrogens (tertiary/aromatic N) is 3. The number of H-pyrrole nitrogens is 1. The van der Waals surface area contributed by atoms with Gasteiger partial charge in [0.15, 0.2) is 5.78 Å². The minimum Gasteiger partial charge on any atom is -0.457 e. The molecule has 2 aromatic carbocycles. The first-order valence-corrected chi connectivity index (χ1v) is 12.3. The summed E-state index contributed by atoms with van der Waals surface area (Å²) in [5.74, 6) is 6.54. The van der Waals surface area contributed by atoms with Crippen LogP contribution in [-0.4, -0.2) is 50.7 Å². The Kier molecular flexibility index (Phi) is 7.06. The van der Waals surface area contributed by atoms with Crippen LogP contribution in [0.3, 0.4) is 0 Å². The highest BCUT2D eigenvalue weighted by Gasteiger charge is 2.26. The van der Waals surface area contributed by atoms with Crippen molar-refractivity contribution in [3.63, 3.8) is 0 Å². The number of fused-ring (bicyclic) bond motifs is 1. The molecular weight excluding hydrogens is 490 g/mol. The maximum Gasteiger partial charge on any atom is 0.298 e. The first kappa shape index (κ1) is 24.3. The van der Waals surface area contributed by atoms with Gasteiger partial charge >= 0.3 is 0 Å². The van der Waals surface area contributed by atoms with Crippen molar-refractivity contribution in [1.29, 1.82) is 0 Å². The number of ketones is 1. The van der Waals surface area contributed by atoms with Crippen LogP contribution < -0.4 is 10.1 Å². The van der Waals surface area contributed by atoms with E-state index in [9.17, 15) is 9.59 Å². The first-order valence-electron chi connectivity index (χ1n) is 11.9. The van der Waals surface area contributed by atoms with Gasteiger partial charge in [0.2, 0.25) is 0 Å². The highest BCUT2D eigenvalue weighted by molar-refractivity contribution is 6.35. The molecule has 0 spiro atoms. The number of ether oxygens (including phenoxy) is 1. The van der Waals surface area contributed by atoms with E-state index in [1.807, 2.05) is 30.3 Å². The molecule has 1 unspecified atom stereocenters. The number of halogens is 1. The van der Waals surface area contributed by atoms with E-state index in [0.29, 0.717) is 52.6 Å². The predicted molar refractivity (Wildman–Crippen MR) is 142 cm³/mol. The number of carbonyl (C=O) groups is 2. The Morgan fingerprint density at radius 1 is 1.14 bits per heavy atom. The van der Waals surface area contributed by atoms with Crippen LogP contribution in [0.1, 0.15) is 35.7 Å². The number of rotatable bonds is 6. The largest absolute Gasteiger partial charge is 0.457 e. The highest BCUT2D eigenvalue weighted by atomic mass is 35.5. The number of hydrogen-bond acceptors (Lipinski definition) is 6. The fourth-order valence-corrected chi connectivity index (χ4v) is 4.68. The summed E-state index contributed by atoms with van der Waals surface area (Å²) >= 11 is 6.52. The Bertz CT molecular complexity index is 1520. The Morgan fingerprint density at radius 2 is 1.97 bits per heavy atom. The van der Waals surface area contributed by atoms with Crippen molar-refractivity contribution in [3.05, 3.63) is 77.2 Å². The summed E-state index contributed by atoms with van der Waals surface area (Å²) < 4.78 is 5.83. The quantitative estimate of drug-likeness (QED) is 0.276. The van der Waals surface area contributed by atoms with E-state index in [-0.39, 0.29) is 22.8 Å². The van der Waals surface area contributed by atoms with Crippen molar-refractivity contribution in [2.45, 2.75) is 25.8 Å². The molecule has 1 atom stereocenters. The maximum absolute atomic E-state index is 13.6. The number of hydrogen-bond donors (Lipinski definition) is 2. The second-order valence-corrected chi connectivity index (χ2v) is 9.05. The van der Waals surface area contributed by atoms with Crippen LogP contribution in [0, 0.1) is 11.8 Å². The van der Waals surface area contributed by atoms with Gasteiger partial charge in [0.05, 0.1) is 16.0 Å². The SMILES string of the molecule is CC#CC(=O)N1CCCC(Nc2ncnc3[nH]cc(C(=O)c4ccc(Oc5ccccc5)cc4Cl)c23)C1. The van der Waals surface area contributed by atoms with Crippen molar-refractivity contribution in [2.75, 3.05) is 18.4 Å². The third kappa shape index (κ3) is 5.27. The molecule has 1 aliphatic heterocycles. The molecule has 37 heavy (non-hydrogen) atoms. The van der Waals surface area contributed by atoms with E-state index < -0.39 is 0 Å². The lowest BCUT2D eigenvalue weighted by Gasteiger charge is -2.32. The van der Waals surface area contributed by atoms with Crippen molar-refractivity contribution < 1.29 is 14.3 Å². The number of amides is 1. The number of carbonyl (C=O) groups excluding carboxylic acids is 2. The zero-order chi connectivity index (χ0) is 25.8. The molecule has 2 N–H and O–H groups in total. The molecule has 0 radical (unpaired) electrons. The van der Waals surface area contributed by atoms with Gasteiger partial charge < -0.3 is 19.9 Å². The molecule has 1 amide bonds. The number of likely N-dealkylation sites (tertiary alicyclic amines) is 1. The second-order valence-electron chi connectivity index (χ2n) is 8.64. The zero-order valence-electron chi connectivity index (χ0n) is 20.1. The van der Waals surface area contributed by atoms with E-state index in [0.717, 1.165) is 12.8 Å². The van der Waals surface area contributed by atoms with Crippen LogP contribution >= 0.6 is 11.6 Å². The molecule has 3 heterocycles. The van der Waals surface area contributed by atoms with Gasteiger partial charge in [-0.25, -0.2) is 9.97 Å². The third-order valence-corrected chi connectivity index (χ3v) is 6.47. The molecule has 5 rings (SSSR count). The van der Waals surface area contributed by atoms with Crippen LogP contribution in [0.25, 0.3) is 11.0 Å². The summed E-state index contributed by atoms with van der Waals surface area (Å²) in [5, 5.41) is 4.27. The minimum absolute atomic E-state index is 0.0367. The smallest absolute Gasteiger partial charge is 0.298 e. The lowest BCUT2D eigenvalue weighted by molar-refractivity contribution is -0.126. The average Bonchev–Trinajstić information content (AvgIpc) is 3.35. The average molecular weight is 514 g/mol.